The number of rotatable bonds is 6. The topological polar surface area (TPSA) is 86.3 Å². The Balaban J connectivity index is 1.93. The molecule has 1 aromatic carbocycles. The smallest absolute Gasteiger partial charge is 0.414 e. The van der Waals surface area contributed by atoms with Gasteiger partial charge in [-0.3, -0.25) is 9.69 Å². The summed E-state index contributed by atoms with van der Waals surface area (Å²) < 4.78 is 21.7. The Bertz CT molecular complexity index is 747. The maximum atomic E-state index is 13.0. The third kappa shape index (κ3) is 4.42. The first-order valence-corrected chi connectivity index (χ1v) is 10.1. The number of benzene rings is 1. The van der Waals surface area contributed by atoms with Gasteiger partial charge in [0.15, 0.2) is 11.5 Å². The van der Waals surface area contributed by atoms with E-state index < -0.39 is 12.0 Å². The first kappa shape index (κ1) is 21.2. The van der Waals surface area contributed by atoms with Gasteiger partial charge >= 0.3 is 6.09 Å². The summed E-state index contributed by atoms with van der Waals surface area (Å²) in [7, 11) is 3.09. The molecule has 0 aromatic heterocycles. The number of nitrogens with zero attached hydrogens (tertiary/aromatic N) is 1. The minimum Gasteiger partial charge on any atom is -0.493 e. The fraction of sp³-hybridized carbons (Fsp3) is 0.619. The second-order valence-electron chi connectivity index (χ2n) is 7.35. The number of hydrogen-bond donors (Lipinski definition) is 1. The molecular weight excluding hydrogens is 376 g/mol. The molecule has 3 atom stereocenters. The average Bonchev–Trinajstić information content (AvgIpc) is 3.24. The second-order valence-corrected chi connectivity index (χ2v) is 7.35. The zero-order chi connectivity index (χ0) is 21.0. The van der Waals surface area contributed by atoms with E-state index >= 15 is 0 Å². The van der Waals surface area contributed by atoms with Crippen molar-refractivity contribution in [2.45, 2.75) is 51.2 Å². The van der Waals surface area contributed by atoms with Crippen LogP contribution < -0.4 is 19.7 Å². The molecule has 0 radical (unpaired) electrons. The van der Waals surface area contributed by atoms with Gasteiger partial charge in [-0.05, 0) is 44.7 Å². The van der Waals surface area contributed by atoms with Crippen molar-refractivity contribution in [3.63, 3.8) is 0 Å². The number of nitrogens with one attached hydrogen (secondary N) is 1. The standard InChI is InChI=1S/C21H30N2O6/c1-5-28-21(25)23-13(2)9-16(20(24)22-12-14-7-6-8-29-14)15-10-18(26-3)19(27-4)11-17(15)23/h10-11,13-14,16H,5-9,12H2,1-4H3,(H,22,24). The van der Waals surface area contributed by atoms with Gasteiger partial charge in [-0.1, -0.05) is 0 Å². The van der Waals surface area contributed by atoms with Crippen LogP contribution in [0.5, 0.6) is 11.5 Å². The maximum Gasteiger partial charge on any atom is 0.414 e. The molecule has 1 fully saturated rings. The SMILES string of the molecule is CCOC(=O)N1c2cc(OC)c(OC)cc2C(C(=O)NCC2CCCO2)CC1C. The highest BCUT2D eigenvalue weighted by molar-refractivity contribution is 5.95. The molecular formula is C21H30N2O6. The molecule has 2 amide bonds. The molecule has 0 bridgehead atoms. The Hall–Kier alpha value is -2.48. The largest absolute Gasteiger partial charge is 0.493 e. The molecule has 160 valence electrons. The first-order chi connectivity index (χ1) is 14.0. The summed E-state index contributed by atoms with van der Waals surface area (Å²) >= 11 is 0. The van der Waals surface area contributed by atoms with Gasteiger partial charge in [0, 0.05) is 25.3 Å². The van der Waals surface area contributed by atoms with Gasteiger partial charge in [0.05, 0.1) is 38.5 Å². The minimum absolute atomic E-state index is 0.0702. The summed E-state index contributed by atoms with van der Waals surface area (Å²) in [6.07, 6.45) is 2.10. The fourth-order valence-corrected chi connectivity index (χ4v) is 4.05. The Morgan fingerprint density at radius 3 is 2.59 bits per heavy atom. The normalized spacial score (nSPS) is 23.3. The molecule has 8 nitrogen and oxygen atoms in total. The Labute approximate surface area is 171 Å². The molecule has 8 heteroatoms. The molecule has 3 unspecified atom stereocenters. The van der Waals surface area contributed by atoms with Gasteiger partial charge in [0.25, 0.3) is 0 Å². The molecule has 0 saturated carbocycles. The van der Waals surface area contributed by atoms with Crippen LogP contribution in [0.15, 0.2) is 12.1 Å². The van der Waals surface area contributed by atoms with Crippen LogP contribution in [-0.2, 0) is 14.3 Å². The van der Waals surface area contributed by atoms with Crippen LogP contribution in [0.1, 0.15) is 44.6 Å². The molecule has 0 spiro atoms. The zero-order valence-electron chi connectivity index (χ0n) is 17.5. The van der Waals surface area contributed by atoms with E-state index in [0.717, 1.165) is 25.0 Å². The molecule has 1 aromatic rings. The highest BCUT2D eigenvalue weighted by atomic mass is 16.6. The molecule has 2 heterocycles. The average molecular weight is 406 g/mol. The van der Waals surface area contributed by atoms with Gasteiger partial charge in [-0.25, -0.2) is 4.79 Å². The van der Waals surface area contributed by atoms with Gasteiger partial charge in [0.2, 0.25) is 5.91 Å². The molecule has 0 aliphatic carbocycles. The van der Waals surface area contributed by atoms with E-state index in [1.165, 1.54) is 7.11 Å². The molecule has 2 aliphatic rings. The molecule has 1 saturated heterocycles. The number of hydrogen-bond acceptors (Lipinski definition) is 6. The van der Waals surface area contributed by atoms with Crippen molar-refractivity contribution in [2.24, 2.45) is 0 Å². The van der Waals surface area contributed by atoms with Crippen LogP contribution in [-0.4, -0.2) is 58.1 Å². The van der Waals surface area contributed by atoms with E-state index in [1.807, 2.05) is 6.92 Å². The lowest BCUT2D eigenvalue weighted by atomic mass is 9.85. The predicted octanol–water partition coefficient (Wildman–Crippen LogP) is 2.84. The van der Waals surface area contributed by atoms with Crippen LogP contribution in [0.2, 0.25) is 0 Å². The van der Waals surface area contributed by atoms with E-state index in [-0.39, 0.29) is 24.7 Å². The fourth-order valence-electron chi connectivity index (χ4n) is 4.05. The summed E-state index contributed by atoms with van der Waals surface area (Å²) in [4.78, 5) is 27.3. The van der Waals surface area contributed by atoms with Crippen molar-refractivity contribution < 1.29 is 28.5 Å². The summed E-state index contributed by atoms with van der Waals surface area (Å²) in [5, 5.41) is 3.02. The summed E-state index contributed by atoms with van der Waals surface area (Å²) in [5.41, 5.74) is 1.33. The van der Waals surface area contributed by atoms with E-state index in [4.69, 9.17) is 18.9 Å². The number of methoxy groups -OCH3 is 2. The van der Waals surface area contributed by atoms with Crippen molar-refractivity contribution in [2.75, 3.05) is 38.9 Å². The number of fused-ring (bicyclic) bond motifs is 1. The summed E-state index contributed by atoms with van der Waals surface area (Å²) in [6.45, 7) is 5.19. The number of ether oxygens (including phenoxy) is 4. The summed E-state index contributed by atoms with van der Waals surface area (Å²) in [5.74, 6) is 0.519. The third-order valence-corrected chi connectivity index (χ3v) is 5.49. The van der Waals surface area contributed by atoms with Crippen molar-refractivity contribution in [1.82, 2.24) is 5.32 Å². The Morgan fingerprint density at radius 2 is 1.97 bits per heavy atom. The predicted molar refractivity (Wildman–Crippen MR) is 108 cm³/mol. The van der Waals surface area contributed by atoms with Gasteiger partial charge in [0.1, 0.15) is 0 Å². The molecule has 1 N–H and O–H groups in total. The van der Waals surface area contributed by atoms with Crippen LogP contribution in [0, 0.1) is 0 Å². The Kier molecular flexibility index (Phi) is 6.84. The van der Waals surface area contributed by atoms with E-state index in [0.29, 0.717) is 30.2 Å². The molecule has 3 rings (SSSR count). The first-order valence-electron chi connectivity index (χ1n) is 10.1. The number of carbonyl (C=O) groups is 2. The quantitative estimate of drug-likeness (QED) is 0.782. The van der Waals surface area contributed by atoms with E-state index in [1.54, 1.807) is 31.1 Å². The number of anilines is 1. The lowest BCUT2D eigenvalue weighted by molar-refractivity contribution is -0.123. The van der Waals surface area contributed by atoms with E-state index in [9.17, 15) is 9.59 Å². The minimum atomic E-state index is -0.438. The van der Waals surface area contributed by atoms with Crippen LogP contribution in [0.3, 0.4) is 0 Å². The van der Waals surface area contributed by atoms with Crippen LogP contribution in [0.25, 0.3) is 0 Å². The van der Waals surface area contributed by atoms with Crippen LogP contribution in [0.4, 0.5) is 10.5 Å². The van der Waals surface area contributed by atoms with Crippen molar-refractivity contribution in [3.8, 4) is 11.5 Å². The zero-order valence-corrected chi connectivity index (χ0v) is 17.5. The van der Waals surface area contributed by atoms with Crippen LogP contribution >= 0.6 is 0 Å². The summed E-state index contributed by atoms with van der Waals surface area (Å²) in [6, 6.07) is 3.31. The molecule has 29 heavy (non-hydrogen) atoms. The lowest BCUT2D eigenvalue weighted by Crippen LogP contribution is -2.46. The number of amides is 2. The van der Waals surface area contributed by atoms with E-state index in [2.05, 4.69) is 5.32 Å². The Morgan fingerprint density at radius 1 is 1.24 bits per heavy atom. The van der Waals surface area contributed by atoms with Crippen molar-refractivity contribution >= 4 is 17.7 Å². The highest BCUT2D eigenvalue weighted by Gasteiger charge is 2.39. The molecule has 2 aliphatic heterocycles. The second kappa shape index (κ2) is 9.35. The van der Waals surface area contributed by atoms with Gasteiger partial charge < -0.3 is 24.3 Å². The van der Waals surface area contributed by atoms with Crippen molar-refractivity contribution in [3.05, 3.63) is 17.7 Å². The third-order valence-electron chi connectivity index (χ3n) is 5.49. The number of carbonyl (C=O) groups excluding carboxylic acids is 2. The lowest BCUT2D eigenvalue weighted by Gasteiger charge is -2.38. The highest BCUT2D eigenvalue weighted by Crippen LogP contribution is 2.44. The van der Waals surface area contributed by atoms with Gasteiger partial charge in [-0.2, -0.15) is 0 Å². The van der Waals surface area contributed by atoms with Crippen molar-refractivity contribution in [1.29, 1.82) is 0 Å². The monoisotopic (exact) mass is 406 g/mol. The van der Waals surface area contributed by atoms with Gasteiger partial charge in [-0.15, -0.1) is 0 Å². The maximum absolute atomic E-state index is 13.0.